The fourth-order valence-corrected chi connectivity index (χ4v) is 2.23. The Balaban J connectivity index is 2.30. The molecule has 2 rings (SSSR count). The Bertz CT molecular complexity index is 576. The van der Waals surface area contributed by atoms with E-state index in [0.717, 1.165) is 17.5 Å². The first-order chi connectivity index (χ1) is 9.17. The number of fused-ring (bicyclic) bond motifs is 1. The van der Waals surface area contributed by atoms with Crippen molar-refractivity contribution in [2.24, 2.45) is 11.7 Å². The number of nitrogens with zero attached hydrogens (tertiary/aromatic N) is 1. The molecule has 0 spiro atoms. The Morgan fingerprint density at radius 1 is 1.21 bits per heavy atom. The van der Waals surface area contributed by atoms with E-state index in [9.17, 15) is 4.79 Å². The monoisotopic (exact) mass is 256 g/mol. The van der Waals surface area contributed by atoms with Crippen molar-refractivity contribution in [3.8, 4) is 0 Å². The highest BCUT2D eigenvalue weighted by Gasteiger charge is 2.19. The number of benzene rings is 2. The molecule has 1 atom stereocenters. The minimum atomic E-state index is -0.100. The summed E-state index contributed by atoms with van der Waals surface area (Å²) >= 11 is 0. The van der Waals surface area contributed by atoms with E-state index in [-0.39, 0.29) is 11.8 Å². The van der Waals surface area contributed by atoms with Gasteiger partial charge in [-0.15, -0.1) is 0 Å². The molecule has 0 aliphatic rings. The molecule has 0 saturated heterocycles. The van der Waals surface area contributed by atoms with Gasteiger partial charge in [-0.25, -0.2) is 0 Å². The van der Waals surface area contributed by atoms with E-state index >= 15 is 0 Å². The molecule has 1 unspecified atom stereocenters. The van der Waals surface area contributed by atoms with Crippen LogP contribution >= 0.6 is 0 Å². The maximum atomic E-state index is 12.3. The van der Waals surface area contributed by atoms with Crippen LogP contribution in [-0.4, -0.2) is 19.5 Å². The molecule has 3 nitrogen and oxygen atoms in total. The predicted molar refractivity (Wildman–Crippen MR) is 80.2 cm³/mol. The number of nitrogens with two attached hydrogens (primary N) is 1. The second-order valence-corrected chi connectivity index (χ2v) is 4.77. The fourth-order valence-electron chi connectivity index (χ4n) is 2.23. The molecule has 0 aliphatic heterocycles. The van der Waals surface area contributed by atoms with Gasteiger partial charge in [0.15, 0.2) is 0 Å². The summed E-state index contributed by atoms with van der Waals surface area (Å²) in [5, 5.41) is 2.32. The van der Waals surface area contributed by atoms with Crippen molar-refractivity contribution < 1.29 is 4.79 Å². The van der Waals surface area contributed by atoms with Gasteiger partial charge in [0.25, 0.3) is 0 Å². The van der Waals surface area contributed by atoms with Gasteiger partial charge in [-0.3, -0.25) is 4.79 Å². The summed E-state index contributed by atoms with van der Waals surface area (Å²) in [5.41, 5.74) is 6.56. The average molecular weight is 256 g/mol. The lowest BCUT2D eigenvalue weighted by molar-refractivity contribution is -0.121. The minimum absolute atomic E-state index is 0.0836. The molecule has 0 fully saturated rings. The van der Waals surface area contributed by atoms with Crippen molar-refractivity contribution in [2.45, 2.75) is 13.3 Å². The lowest BCUT2D eigenvalue weighted by Gasteiger charge is -2.22. The summed E-state index contributed by atoms with van der Waals surface area (Å²) < 4.78 is 0. The molecular formula is C16H20N2O. The Morgan fingerprint density at radius 3 is 2.53 bits per heavy atom. The van der Waals surface area contributed by atoms with Crippen molar-refractivity contribution in [1.82, 2.24) is 0 Å². The quantitative estimate of drug-likeness (QED) is 0.914. The predicted octanol–water partition coefficient (Wildman–Crippen LogP) is 2.79. The minimum Gasteiger partial charge on any atom is -0.330 e. The van der Waals surface area contributed by atoms with Crippen molar-refractivity contribution in [1.29, 1.82) is 0 Å². The highest BCUT2D eigenvalue weighted by atomic mass is 16.2. The second kappa shape index (κ2) is 5.85. The summed E-state index contributed by atoms with van der Waals surface area (Å²) in [6.45, 7) is 2.39. The highest BCUT2D eigenvalue weighted by Crippen LogP contribution is 2.22. The zero-order chi connectivity index (χ0) is 13.8. The first-order valence-corrected chi connectivity index (χ1v) is 6.63. The zero-order valence-electron chi connectivity index (χ0n) is 11.5. The third kappa shape index (κ3) is 2.76. The second-order valence-electron chi connectivity index (χ2n) is 4.77. The highest BCUT2D eigenvalue weighted by molar-refractivity contribution is 5.97. The van der Waals surface area contributed by atoms with E-state index < -0.39 is 0 Å². The summed E-state index contributed by atoms with van der Waals surface area (Å²) in [7, 11) is 1.81. The van der Waals surface area contributed by atoms with Crippen molar-refractivity contribution >= 4 is 22.4 Å². The Labute approximate surface area is 114 Å². The van der Waals surface area contributed by atoms with E-state index in [2.05, 4.69) is 12.1 Å². The zero-order valence-corrected chi connectivity index (χ0v) is 11.5. The Hall–Kier alpha value is -1.87. The van der Waals surface area contributed by atoms with E-state index in [0.29, 0.717) is 6.54 Å². The van der Waals surface area contributed by atoms with Gasteiger partial charge < -0.3 is 10.6 Å². The Morgan fingerprint density at radius 2 is 1.89 bits per heavy atom. The van der Waals surface area contributed by atoms with Crippen LogP contribution in [0.3, 0.4) is 0 Å². The molecule has 2 aromatic rings. The fraction of sp³-hybridized carbons (Fsp3) is 0.312. The summed E-state index contributed by atoms with van der Waals surface area (Å²) in [6.07, 6.45) is 0.771. The molecule has 1 amide bonds. The smallest absolute Gasteiger partial charge is 0.231 e. The van der Waals surface area contributed by atoms with Crippen LogP contribution in [0.25, 0.3) is 10.8 Å². The van der Waals surface area contributed by atoms with Crippen LogP contribution < -0.4 is 10.6 Å². The largest absolute Gasteiger partial charge is 0.330 e. The molecule has 3 heteroatoms. The molecule has 0 aliphatic carbocycles. The standard InChI is InChI=1S/C16H20N2O/c1-3-12(11-17)16(19)18(2)15-9-8-13-6-4-5-7-14(13)10-15/h4-10,12H,3,11,17H2,1-2H3. The van der Waals surface area contributed by atoms with Crippen LogP contribution in [0.1, 0.15) is 13.3 Å². The first-order valence-electron chi connectivity index (χ1n) is 6.63. The van der Waals surface area contributed by atoms with Gasteiger partial charge >= 0.3 is 0 Å². The van der Waals surface area contributed by atoms with Crippen LogP contribution in [-0.2, 0) is 4.79 Å². The van der Waals surface area contributed by atoms with Crippen LogP contribution in [0, 0.1) is 5.92 Å². The van der Waals surface area contributed by atoms with Crippen LogP contribution in [0.5, 0.6) is 0 Å². The van der Waals surface area contributed by atoms with Gasteiger partial charge in [-0.05, 0) is 29.3 Å². The van der Waals surface area contributed by atoms with Gasteiger partial charge in [0, 0.05) is 19.3 Å². The van der Waals surface area contributed by atoms with E-state index in [1.807, 2.05) is 44.3 Å². The van der Waals surface area contributed by atoms with Crippen molar-refractivity contribution in [3.63, 3.8) is 0 Å². The lowest BCUT2D eigenvalue weighted by Crippen LogP contribution is -2.36. The Kier molecular flexibility index (Phi) is 4.17. The number of hydrogen-bond donors (Lipinski definition) is 1. The number of anilines is 1. The van der Waals surface area contributed by atoms with Crippen LogP contribution in [0.15, 0.2) is 42.5 Å². The summed E-state index contributed by atoms with van der Waals surface area (Å²) in [6, 6.07) is 14.2. The molecule has 0 heterocycles. The topological polar surface area (TPSA) is 46.3 Å². The molecule has 19 heavy (non-hydrogen) atoms. The summed E-state index contributed by atoms with van der Waals surface area (Å²) in [5.74, 6) is -0.0169. The third-order valence-corrected chi connectivity index (χ3v) is 3.58. The van der Waals surface area contributed by atoms with E-state index in [1.165, 1.54) is 5.39 Å². The normalized spacial score (nSPS) is 12.4. The van der Waals surface area contributed by atoms with Crippen LogP contribution in [0.4, 0.5) is 5.69 Å². The molecular weight excluding hydrogens is 236 g/mol. The van der Waals surface area contributed by atoms with Crippen molar-refractivity contribution in [3.05, 3.63) is 42.5 Å². The van der Waals surface area contributed by atoms with Gasteiger partial charge in [-0.1, -0.05) is 37.3 Å². The molecule has 0 aromatic heterocycles. The average Bonchev–Trinajstić information content (AvgIpc) is 2.47. The van der Waals surface area contributed by atoms with E-state index in [4.69, 9.17) is 5.73 Å². The SMILES string of the molecule is CCC(CN)C(=O)N(C)c1ccc2ccccc2c1. The number of rotatable bonds is 4. The first kappa shape index (κ1) is 13.6. The maximum Gasteiger partial charge on any atom is 0.231 e. The third-order valence-electron chi connectivity index (χ3n) is 3.58. The molecule has 0 bridgehead atoms. The van der Waals surface area contributed by atoms with Gasteiger partial charge in [0.1, 0.15) is 0 Å². The van der Waals surface area contributed by atoms with Crippen molar-refractivity contribution in [2.75, 3.05) is 18.5 Å². The molecule has 2 N–H and O–H groups in total. The number of amides is 1. The van der Waals surface area contributed by atoms with Gasteiger partial charge in [0.05, 0.1) is 5.92 Å². The van der Waals surface area contributed by atoms with E-state index in [1.54, 1.807) is 4.90 Å². The number of carbonyl (C=O) groups excluding carboxylic acids is 1. The molecule has 0 radical (unpaired) electrons. The van der Waals surface area contributed by atoms with Crippen LogP contribution in [0.2, 0.25) is 0 Å². The number of carbonyl (C=O) groups is 1. The van der Waals surface area contributed by atoms with Gasteiger partial charge in [0.2, 0.25) is 5.91 Å². The summed E-state index contributed by atoms with van der Waals surface area (Å²) in [4.78, 5) is 14.0. The number of hydrogen-bond acceptors (Lipinski definition) is 2. The molecule has 0 saturated carbocycles. The lowest BCUT2D eigenvalue weighted by atomic mass is 10.0. The van der Waals surface area contributed by atoms with Gasteiger partial charge in [-0.2, -0.15) is 0 Å². The maximum absolute atomic E-state index is 12.3. The molecule has 100 valence electrons. The molecule has 2 aromatic carbocycles.